The normalized spacial score (nSPS) is 33.3. The number of carbonyl (C=O) groups is 1. The van der Waals surface area contributed by atoms with Crippen LogP contribution in [0.3, 0.4) is 0 Å². The first-order chi connectivity index (χ1) is 10.4. The summed E-state index contributed by atoms with van der Waals surface area (Å²) in [6.07, 6.45) is 0.745. The fourth-order valence-electron chi connectivity index (χ4n) is 3.63. The number of hydrogen-bond donors (Lipinski definition) is 3. The van der Waals surface area contributed by atoms with Crippen molar-refractivity contribution in [1.29, 1.82) is 0 Å². The number of aliphatic hydroxyl groups is 1. The summed E-state index contributed by atoms with van der Waals surface area (Å²) in [6.45, 7) is 0.0323. The quantitative estimate of drug-likeness (QED) is 0.748. The molecule has 128 valence electrons. The molecule has 7 heteroatoms. The molecule has 22 heavy (non-hydrogen) atoms. The van der Waals surface area contributed by atoms with Gasteiger partial charge in [0.1, 0.15) is 0 Å². The van der Waals surface area contributed by atoms with Crippen LogP contribution < -0.4 is 10.6 Å². The minimum absolute atomic E-state index is 0.0323. The smallest absolute Gasteiger partial charge is 0.391 e. The summed E-state index contributed by atoms with van der Waals surface area (Å²) in [6, 6.07) is -0.907. The molecule has 4 atom stereocenters. The SMILES string of the molecule is O=C(NC1CCCC(C(F)(F)F)C1)NC1CCCCC1CO. The van der Waals surface area contributed by atoms with E-state index in [1.165, 1.54) is 0 Å². The van der Waals surface area contributed by atoms with Gasteiger partial charge >= 0.3 is 12.2 Å². The first kappa shape index (κ1) is 17.4. The highest BCUT2D eigenvalue weighted by Gasteiger charge is 2.42. The second-order valence-corrected chi connectivity index (χ2v) is 6.55. The summed E-state index contributed by atoms with van der Waals surface area (Å²) in [5.41, 5.74) is 0. The van der Waals surface area contributed by atoms with Gasteiger partial charge in [0.2, 0.25) is 0 Å². The third-order valence-corrected chi connectivity index (χ3v) is 4.93. The zero-order valence-corrected chi connectivity index (χ0v) is 12.7. The molecule has 2 rings (SSSR count). The molecule has 0 spiro atoms. The molecular formula is C15H25F3N2O2. The van der Waals surface area contributed by atoms with E-state index in [2.05, 4.69) is 10.6 Å². The van der Waals surface area contributed by atoms with Crippen molar-refractivity contribution in [3.8, 4) is 0 Å². The largest absolute Gasteiger partial charge is 0.396 e. The van der Waals surface area contributed by atoms with Crippen LogP contribution in [0, 0.1) is 11.8 Å². The van der Waals surface area contributed by atoms with Gasteiger partial charge in [0.25, 0.3) is 0 Å². The molecule has 0 saturated heterocycles. The number of halogens is 3. The van der Waals surface area contributed by atoms with Crippen molar-refractivity contribution in [3.05, 3.63) is 0 Å². The van der Waals surface area contributed by atoms with Gasteiger partial charge in [0, 0.05) is 24.6 Å². The second kappa shape index (κ2) is 7.53. The molecule has 0 radical (unpaired) electrons. The minimum Gasteiger partial charge on any atom is -0.396 e. The van der Waals surface area contributed by atoms with Crippen LogP contribution in [0.4, 0.5) is 18.0 Å². The molecule has 0 aromatic carbocycles. The van der Waals surface area contributed by atoms with Crippen LogP contribution in [-0.4, -0.2) is 36.0 Å². The summed E-state index contributed by atoms with van der Waals surface area (Å²) >= 11 is 0. The van der Waals surface area contributed by atoms with Crippen molar-refractivity contribution in [3.63, 3.8) is 0 Å². The van der Waals surface area contributed by atoms with Gasteiger partial charge in [-0.1, -0.05) is 19.3 Å². The van der Waals surface area contributed by atoms with Crippen molar-refractivity contribution < 1.29 is 23.1 Å². The summed E-state index contributed by atoms with van der Waals surface area (Å²) in [5.74, 6) is -1.26. The fourth-order valence-corrected chi connectivity index (χ4v) is 3.63. The Bertz CT molecular complexity index is 376. The van der Waals surface area contributed by atoms with E-state index in [1.807, 2.05) is 0 Å². The van der Waals surface area contributed by atoms with Crippen LogP contribution in [-0.2, 0) is 0 Å². The van der Waals surface area contributed by atoms with Crippen LogP contribution in [0.1, 0.15) is 51.4 Å². The molecule has 2 aliphatic carbocycles. The topological polar surface area (TPSA) is 61.4 Å². The van der Waals surface area contributed by atoms with Gasteiger partial charge in [-0.3, -0.25) is 0 Å². The standard InChI is InChI=1S/C15H25F3N2O2/c16-15(17,18)11-5-3-6-12(8-11)19-14(22)20-13-7-2-1-4-10(13)9-21/h10-13,21H,1-9H2,(H2,19,20,22). The number of nitrogens with one attached hydrogen (secondary N) is 2. The Labute approximate surface area is 128 Å². The predicted octanol–water partition coefficient (Wildman–Crippen LogP) is 2.96. The van der Waals surface area contributed by atoms with Crippen LogP contribution in [0.25, 0.3) is 0 Å². The van der Waals surface area contributed by atoms with E-state index in [0.717, 1.165) is 25.7 Å². The third kappa shape index (κ3) is 4.76. The third-order valence-electron chi connectivity index (χ3n) is 4.93. The van der Waals surface area contributed by atoms with Crippen molar-refractivity contribution in [2.45, 2.75) is 69.6 Å². The summed E-state index contributed by atoms with van der Waals surface area (Å²) in [7, 11) is 0. The monoisotopic (exact) mass is 322 g/mol. The zero-order chi connectivity index (χ0) is 16.2. The number of amides is 2. The predicted molar refractivity (Wildman–Crippen MR) is 76.3 cm³/mol. The first-order valence-electron chi connectivity index (χ1n) is 8.14. The first-order valence-corrected chi connectivity index (χ1v) is 8.14. The van der Waals surface area contributed by atoms with Gasteiger partial charge in [-0.05, 0) is 32.1 Å². The Balaban J connectivity index is 1.81. The molecule has 0 heterocycles. The highest BCUT2D eigenvalue weighted by Crippen LogP contribution is 2.37. The van der Waals surface area contributed by atoms with Gasteiger partial charge in [0.05, 0.1) is 5.92 Å². The summed E-state index contributed by atoms with van der Waals surface area (Å²) in [5, 5.41) is 14.8. The Hall–Kier alpha value is -0.980. The van der Waals surface area contributed by atoms with Crippen LogP contribution >= 0.6 is 0 Å². The second-order valence-electron chi connectivity index (χ2n) is 6.55. The van der Waals surface area contributed by atoms with Gasteiger partial charge < -0.3 is 15.7 Å². The Morgan fingerprint density at radius 1 is 1.05 bits per heavy atom. The van der Waals surface area contributed by atoms with Gasteiger partial charge in [-0.2, -0.15) is 13.2 Å². The molecule has 4 nitrogen and oxygen atoms in total. The molecule has 0 aliphatic heterocycles. The molecule has 0 bridgehead atoms. The van der Waals surface area contributed by atoms with Crippen molar-refractivity contribution in [2.75, 3.05) is 6.61 Å². The van der Waals surface area contributed by atoms with E-state index in [-0.39, 0.29) is 31.4 Å². The van der Waals surface area contributed by atoms with Crippen molar-refractivity contribution in [2.24, 2.45) is 11.8 Å². The molecular weight excluding hydrogens is 297 g/mol. The van der Waals surface area contributed by atoms with Crippen LogP contribution in [0.15, 0.2) is 0 Å². The molecule has 3 N–H and O–H groups in total. The van der Waals surface area contributed by atoms with Gasteiger partial charge in [0.15, 0.2) is 0 Å². The van der Waals surface area contributed by atoms with Crippen LogP contribution in [0.5, 0.6) is 0 Å². The maximum atomic E-state index is 12.8. The number of urea groups is 1. The van der Waals surface area contributed by atoms with Gasteiger partial charge in [-0.15, -0.1) is 0 Å². The summed E-state index contributed by atoms with van der Waals surface area (Å²) in [4.78, 5) is 12.0. The molecule has 0 aromatic heterocycles. The zero-order valence-electron chi connectivity index (χ0n) is 12.7. The van der Waals surface area contributed by atoms with Crippen LogP contribution in [0.2, 0.25) is 0 Å². The van der Waals surface area contributed by atoms with E-state index in [1.54, 1.807) is 0 Å². The minimum atomic E-state index is -4.18. The van der Waals surface area contributed by atoms with E-state index in [9.17, 15) is 23.1 Å². The Kier molecular flexibility index (Phi) is 5.94. The molecule has 0 aromatic rings. The summed E-state index contributed by atoms with van der Waals surface area (Å²) < 4.78 is 38.3. The number of rotatable bonds is 3. The Morgan fingerprint density at radius 3 is 2.45 bits per heavy atom. The molecule has 2 amide bonds. The van der Waals surface area contributed by atoms with E-state index in [0.29, 0.717) is 12.8 Å². The Morgan fingerprint density at radius 2 is 1.77 bits per heavy atom. The van der Waals surface area contributed by atoms with Crippen molar-refractivity contribution in [1.82, 2.24) is 10.6 Å². The molecule has 4 unspecified atom stereocenters. The number of alkyl halides is 3. The number of carbonyl (C=O) groups excluding carboxylic acids is 1. The maximum Gasteiger partial charge on any atom is 0.391 e. The highest BCUT2D eigenvalue weighted by molar-refractivity contribution is 5.74. The van der Waals surface area contributed by atoms with Gasteiger partial charge in [-0.25, -0.2) is 4.79 Å². The van der Waals surface area contributed by atoms with E-state index >= 15 is 0 Å². The fraction of sp³-hybridized carbons (Fsp3) is 0.933. The van der Waals surface area contributed by atoms with E-state index < -0.39 is 24.2 Å². The van der Waals surface area contributed by atoms with E-state index in [4.69, 9.17) is 0 Å². The lowest BCUT2D eigenvalue weighted by Crippen LogP contribution is -2.51. The molecule has 2 saturated carbocycles. The number of hydrogen-bond acceptors (Lipinski definition) is 2. The average Bonchev–Trinajstić information content (AvgIpc) is 2.47. The molecule has 2 fully saturated rings. The average molecular weight is 322 g/mol. The lowest BCUT2D eigenvalue weighted by atomic mass is 9.84. The lowest BCUT2D eigenvalue weighted by molar-refractivity contribution is -0.183. The maximum absolute atomic E-state index is 12.8. The lowest BCUT2D eigenvalue weighted by Gasteiger charge is -2.33. The number of aliphatic hydroxyl groups excluding tert-OH is 1. The van der Waals surface area contributed by atoms with Crippen molar-refractivity contribution >= 4 is 6.03 Å². The highest BCUT2D eigenvalue weighted by atomic mass is 19.4. The molecule has 2 aliphatic rings.